The third-order valence-corrected chi connectivity index (χ3v) is 3.69. The van der Waals surface area contributed by atoms with Crippen LogP contribution in [0.3, 0.4) is 0 Å². The minimum absolute atomic E-state index is 0.181. The van der Waals surface area contributed by atoms with Crippen LogP contribution >= 0.6 is 0 Å². The summed E-state index contributed by atoms with van der Waals surface area (Å²) in [6.45, 7) is 0.605. The highest BCUT2D eigenvalue weighted by Crippen LogP contribution is 2.29. The standard InChI is InChI=1S/C16H14N2O3/c19-15(11-5-3-7-17-8-11)18-9-12-4-1-2-6-13(12)14(10-18)16(20)21/h1-8,14H,9-10H2,(H,20,21). The van der Waals surface area contributed by atoms with Crippen molar-refractivity contribution >= 4 is 11.9 Å². The van der Waals surface area contributed by atoms with Crippen LogP contribution in [0, 0.1) is 0 Å². The summed E-state index contributed by atoms with van der Waals surface area (Å²) in [5, 5.41) is 9.40. The highest BCUT2D eigenvalue weighted by molar-refractivity contribution is 5.94. The van der Waals surface area contributed by atoms with Crippen molar-refractivity contribution in [3.8, 4) is 0 Å². The Balaban J connectivity index is 1.93. The molecule has 1 aromatic heterocycles. The molecule has 3 rings (SSSR count). The lowest BCUT2D eigenvalue weighted by Crippen LogP contribution is -2.40. The number of rotatable bonds is 2. The Kier molecular flexibility index (Phi) is 3.39. The molecule has 1 amide bonds. The molecule has 1 aromatic carbocycles. The quantitative estimate of drug-likeness (QED) is 0.913. The molecule has 0 bridgehead atoms. The molecule has 1 unspecified atom stereocenters. The monoisotopic (exact) mass is 282 g/mol. The van der Waals surface area contributed by atoms with E-state index in [2.05, 4.69) is 4.98 Å². The first-order valence-corrected chi connectivity index (χ1v) is 6.66. The van der Waals surface area contributed by atoms with Crippen molar-refractivity contribution in [2.75, 3.05) is 6.54 Å². The summed E-state index contributed by atoms with van der Waals surface area (Å²) in [5.74, 6) is -1.79. The van der Waals surface area contributed by atoms with Gasteiger partial charge < -0.3 is 10.0 Å². The average Bonchev–Trinajstić information content (AvgIpc) is 2.53. The molecule has 0 saturated carbocycles. The number of benzene rings is 1. The van der Waals surface area contributed by atoms with Gasteiger partial charge in [-0.25, -0.2) is 0 Å². The number of carboxylic acids is 1. The molecule has 0 aliphatic carbocycles. The predicted octanol–water partition coefficient (Wildman–Crippen LogP) is 1.91. The molecular weight excluding hydrogens is 268 g/mol. The molecular formula is C16H14N2O3. The van der Waals surface area contributed by atoms with Crippen molar-refractivity contribution in [3.05, 3.63) is 65.5 Å². The normalized spacial score (nSPS) is 17.1. The molecule has 1 atom stereocenters. The van der Waals surface area contributed by atoms with Crippen LogP contribution in [0.4, 0.5) is 0 Å². The van der Waals surface area contributed by atoms with Gasteiger partial charge in [-0.1, -0.05) is 24.3 Å². The van der Waals surface area contributed by atoms with Crippen LogP contribution in [0.5, 0.6) is 0 Å². The highest BCUT2D eigenvalue weighted by Gasteiger charge is 2.32. The van der Waals surface area contributed by atoms with Gasteiger partial charge in [0.1, 0.15) is 0 Å². The number of pyridine rings is 1. The summed E-state index contributed by atoms with van der Waals surface area (Å²) in [4.78, 5) is 29.4. The summed E-state index contributed by atoms with van der Waals surface area (Å²) in [7, 11) is 0. The fourth-order valence-electron chi connectivity index (χ4n) is 2.64. The van der Waals surface area contributed by atoms with E-state index in [1.54, 1.807) is 23.2 Å². The number of carbonyl (C=O) groups excluding carboxylic acids is 1. The Hall–Kier alpha value is -2.69. The predicted molar refractivity (Wildman–Crippen MR) is 75.8 cm³/mol. The summed E-state index contributed by atoms with van der Waals surface area (Å²) in [6.07, 6.45) is 3.10. The van der Waals surface area contributed by atoms with Crippen LogP contribution in [0.1, 0.15) is 27.4 Å². The molecule has 21 heavy (non-hydrogen) atoms. The number of carbonyl (C=O) groups is 2. The number of aliphatic carboxylic acids is 1. The van der Waals surface area contributed by atoms with Gasteiger partial charge in [0.05, 0.1) is 11.5 Å². The largest absolute Gasteiger partial charge is 0.481 e. The van der Waals surface area contributed by atoms with Gasteiger partial charge in [0.25, 0.3) is 5.91 Å². The fourth-order valence-corrected chi connectivity index (χ4v) is 2.64. The minimum atomic E-state index is -0.911. The second kappa shape index (κ2) is 5.36. The van der Waals surface area contributed by atoms with E-state index in [0.29, 0.717) is 12.1 Å². The third-order valence-electron chi connectivity index (χ3n) is 3.69. The lowest BCUT2D eigenvalue weighted by molar-refractivity contribution is -0.139. The van der Waals surface area contributed by atoms with Crippen LogP contribution in [0.15, 0.2) is 48.8 Å². The lowest BCUT2D eigenvalue weighted by atomic mass is 9.89. The van der Waals surface area contributed by atoms with Gasteiger partial charge in [-0.2, -0.15) is 0 Å². The van der Waals surface area contributed by atoms with Crippen molar-refractivity contribution in [2.45, 2.75) is 12.5 Å². The Labute approximate surface area is 121 Å². The molecule has 0 saturated heterocycles. The second-order valence-electron chi connectivity index (χ2n) is 5.02. The molecule has 106 valence electrons. The third kappa shape index (κ3) is 2.50. The van der Waals surface area contributed by atoms with Gasteiger partial charge in [-0.3, -0.25) is 14.6 Å². The number of hydrogen-bond donors (Lipinski definition) is 1. The van der Waals surface area contributed by atoms with Crippen LogP contribution < -0.4 is 0 Å². The van der Waals surface area contributed by atoms with E-state index in [0.717, 1.165) is 11.1 Å². The smallest absolute Gasteiger partial charge is 0.312 e. The van der Waals surface area contributed by atoms with Gasteiger partial charge in [-0.05, 0) is 23.3 Å². The first-order valence-electron chi connectivity index (χ1n) is 6.66. The SMILES string of the molecule is O=C(O)C1CN(C(=O)c2cccnc2)Cc2ccccc21. The number of fused-ring (bicyclic) bond motifs is 1. The number of aromatic nitrogens is 1. The van der Waals surface area contributed by atoms with Gasteiger partial charge in [-0.15, -0.1) is 0 Å². The van der Waals surface area contributed by atoms with E-state index >= 15 is 0 Å². The molecule has 1 aliphatic heterocycles. The molecule has 5 nitrogen and oxygen atoms in total. The average molecular weight is 282 g/mol. The molecule has 0 radical (unpaired) electrons. The van der Waals surface area contributed by atoms with E-state index in [-0.39, 0.29) is 12.5 Å². The second-order valence-corrected chi connectivity index (χ2v) is 5.02. The first-order chi connectivity index (χ1) is 10.2. The van der Waals surface area contributed by atoms with E-state index in [1.807, 2.05) is 24.3 Å². The topological polar surface area (TPSA) is 70.5 Å². The van der Waals surface area contributed by atoms with Gasteiger partial charge in [0.2, 0.25) is 0 Å². The minimum Gasteiger partial charge on any atom is -0.481 e. The van der Waals surface area contributed by atoms with Crippen LogP contribution in [0.25, 0.3) is 0 Å². The molecule has 0 fully saturated rings. The maximum absolute atomic E-state index is 12.5. The lowest BCUT2D eigenvalue weighted by Gasteiger charge is -2.32. The summed E-state index contributed by atoms with van der Waals surface area (Å²) in [5.41, 5.74) is 2.15. The Morgan fingerprint density at radius 3 is 2.71 bits per heavy atom. The van der Waals surface area contributed by atoms with Gasteiger partial charge >= 0.3 is 5.97 Å². The maximum atomic E-state index is 12.5. The molecule has 1 N–H and O–H groups in total. The van der Waals surface area contributed by atoms with Crippen LogP contribution in [-0.4, -0.2) is 33.4 Å². The van der Waals surface area contributed by atoms with E-state index in [1.165, 1.54) is 6.20 Å². The molecule has 2 aromatic rings. The van der Waals surface area contributed by atoms with E-state index < -0.39 is 11.9 Å². The number of amides is 1. The van der Waals surface area contributed by atoms with Gasteiger partial charge in [0.15, 0.2) is 0 Å². The van der Waals surface area contributed by atoms with Crippen molar-refractivity contribution < 1.29 is 14.7 Å². The molecule has 1 aliphatic rings. The van der Waals surface area contributed by atoms with Crippen molar-refractivity contribution in [1.82, 2.24) is 9.88 Å². The van der Waals surface area contributed by atoms with Crippen molar-refractivity contribution in [1.29, 1.82) is 0 Å². The van der Waals surface area contributed by atoms with Crippen molar-refractivity contribution in [2.24, 2.45) is 0 Å². The number of carboxylic acid groups (broad SMARTS) is 1. The fraction of sp³-hybridized carbons (Fsp3) is 0.188. The summed E-state index contributed by atoms with van der Waals surface area (Å²) in [6, 6.07) is 10.8. The molecule has 5 heteroatoms. The maximum Gasteiger partial charge on any atom is 0.312 e. The number of nitrogens with zero attached hydrogens (tertiary/aromatic N) is 2. The Morgan fingerprint density at radius 2 is 2.00 bits per heavy atom. The molecule has 2 heterocycles. The van der Waals surface area contributed by atoms with Crippen molar-refractivity contribution in [3.63, 3.8) is 0 Å². The number of hydrogen-bond acceptors (Lipinski definition) is 3. The Morgan fingerprint density at radius 1 is 1.19 bits per heavy atom. The zero-order valence-corrected chi connectivity index (χ0v) is 11.3. The zero-order chi connectivity index (χ0) is 14.8. The summed E-state index contributed by atoms with van der Waals surface area (Å²) >= 11 is 0. The zero-order valence-electron chi connectivity index (χ0n) is 11.3. The van der Waals surface area contributed by atoms with Crippen LogP contribution in [0.2, 0.25) is 0 Å². The highest BCUT2D eigenvalue weighted by atomic mass is 16.4. The summed E-state index contributed by atoms with van der Waals surface area (Å²) < 4.78 is 0. The van der Waals surface area contributed by atoms with Gasteiger partial charge in [0, 0.05) is 25.5 Å². The molecule has 0 spiro atoms. The van der Waals surface area contributed by atoms with E-state index in [4.69, 9.17) is 0 Å². The first kappa shape index (κ1) is 13.3. The van der Waals surface area contributed by atoms with E-state index in [9.17, 15) is 14.7 Å². The van der Waals surface area contributed by atoms with Crippen LogP contribution in [-0.2, 0) is 11.3 Å². The Bertz CT molecular complexity index is 685.